The van der Waals surface area contributed by atoms with E-state index in [4.69, 9.17) is 4.52 Å². The second-order valence-corrected chi connectivity index (χ2v) is 5.08. The fraction of sp³-hybridized carbons (Fsp3) is 0.833. The van der Waals surface area contributed by atoms with Crippen molar-refractivity contribution in [3.05, 3.63) is 11.7 Å². The summed E-state index contributed by atoms with van der Waals surface area (Å²) in [4.78, 5) is 6.98. The van der Waals surface area contributed by atoms with Crippen molar-refractivity contribution < 1.29 is 4.52 Å². The summed E-state index contributed by atoms with van der Waals surface area (Å²) in [5.74, 6) is 2.24. The predicted octanol–water partition coefficient (Wildman–Crippen LogP) is 1.30. The number of aromatic nitrogens is 2. The zero-order chi connectivity index (χ0) is 11.7. The Morgan fingerprint density at radius 3 is 2.76 bits per heavy atom. The third-order valence-corrected chi connectivity index (χ3v) is 3.98. The Bertz CT molecular complexity index is 368. The molecule has 0 aromatic carbocycles. The van der Waals surface area contributed by atoms with Crippen molar-refractivity contribution in [3.63, 3.8) is 0 Å². The lowest BCUT2D eigenvalue weighted by Gasteiger charge is -2.30. The molecule has 94 valence electrons. The minimum atomic E-state index is 0.273. The minimum Gasteiger partial charge on any atom is -0.339 e. The topological polar surface area (TPSA) is 54.2 Å². The van der Waals surface area contributed by atoms with Crippen molar-refractivity contribution in [2.45, 2.75) is 38.1 Å². The lowest BCUT2D eigenvalue weighted by atomic mass is 9.85. The van der Waals surface area contributed by atoms with Crippen LogP contribution in [0.25, 0.3) is 0 Å². The molecule has 5 heteroatoms. The molecule has 1 saturated carbocycles. The second-order valence-electron chi connectivity index (χ2n) is 5.08. The van der Waals surface area contributed by atoms with Gasteiger partial charge in [0.05, 0.1) is 6.04 Å². The molecule has 5 nitrogen and oxygen atoms in total. The van der Waals surface area contributed by atoms with Gasteiger partial charge in [-0.3, -0.25) is 4.90 Å². The van der Waals surface area contributed by atoms with E-state index in [1.807, 2.05) is 0 Å². The van der Waals surface area contributed by atoms with E-state index >= 15 is 0 Å². The maximum Gasteiger partial charge on any atom is 0.229 e. The first kappa shape index (κ1) is 11.2. The van der Waals surface area contributed by atoms with Gasteiger partial charge in [0.15, 0.2) is 5.82 Å². The van der Waals surface area contributed by atoms with Crippen LogP contribution < -0.4 is 5.32 Å². The highest BCUT2D eigenvalue weighted by atomic mass is 16.5. The smallest absolute Gasteiger partial charge is 0.229 e. The van der Waals surface area contributed by atoms with E-state index in [1.54, 1.807) is 0 Å². The molecule has 17 heavy (non-hydrogen) atoms. The van der Waals surface area contributed by atoms with Crippen molar-refractivity contribution >= 4 is 0 Å². The van der Waals surface area contributed by atoms with E-state index in [1.165, 1.54) is 19.3 Å². The molecule has 1 aliphatic carbocycles. The molecule has 1 N–H and O–H groups in total. The largest absolute Gasteiger partial charge is 0.339 e. The number of hydrogen-bond acceptors (Lipinski definition) is 5. The van der Waals surface area contributed by atoms with Crippen LogP contribution in [0.3, 0.4) is 0 Å². The van der Waals surface area contributed by atoms with Crippen molar-refractivity contribution in [1.29, 1.82) is 0 Å². The molecule has 0 bridgehead atoms. The van der Waals surface area contributed by atoms with Gasteiger partial charge in [-0.25, -0.2) is 0 Å². The van der Waals surface area contributed by atoms with Crippen LogP contribution in [0.4, 0.5) is 0 Å². The van der Waals surface area contributed by atoms with Crippen LogP contribution >= 0.6 is 0 Å². The minimum absolute atomic E-state index is 0.273. The van der Waals surface area contributed by atoms with Crippen LogP contribution in [0.2, 0.25) is 0 Å². The second kappa shape index (κ2) is 4.74. The SMILES string of the molecule is CC(c1noc(C2CCC2)n1)N1CCNCC1. The summed E-state index contributed by atoms with van der Waals surface area (Å²) in [6.45, 7) is 6.40. The average Bonchev–Trinajstić information content (AvgIpc) is 2.76. The molecule has 1 aromatic rings. The van der Waals surface area contributed by atoms with Crippen LogP contribution in [0.15, 0.2) is 4.52 Å². The predicted molar refractivity (Wildman–Crippen MR) is 63.7 cm³/mol. The summed E-state index contributed by atoms with van der Waals surface area (Å²) in [5.41, 5.74) is 0. The van der Waals surface area contributed by atoms with Gasteiger partial charge < -0.3 is 9.84 Å². The molecule has 0 amide bonds. The van der Waals surface area contributed by atoms with E-state index in [-0.39, 0.29) is 6.04 Å². The Kier molecular flexibility index (Phi) is 3.11. The van der Waals surface area contributed by atoms with Crippen molar-refractivity contribution in [2.75, 3.05) is 26.2 Å². The van der Waals surface area contributed by atoms with Crippen molar-refractivity contribution in [3.8, 4) is 0 Å². The number of nitrogens with one attached hydrogen (secondary N) is 1. The van der Waals surface area contributed by atoms with E-state index in [0.29, 0.717) is 5.92 Å². The van der Waals surface area contributed by atoms with Crippen LogP contribution in [0.1, 0.15) is 49.9 Å². The van der Waals surface area contributed by atoms with Gasteiger partial charge in [0.25, 0.3) is 0 Å². The summed E-state index contributed by atoms with van der Waals surface area (Å²) in [5, 5.41) is 7.50. The van der Waals surface area contributed by atoms with Gasteiger partial charge in [-0.2, -0.15) is 4.98 Å². The molecule has 1 atom stereocenters. The molecule has 2 aliphatic rings. The zero-order valence-electron chi connectivity index (χ0n) is 10.4. The van der Waals surface area contributed by atoms with Crippen LogP contribution in [0.5, 0.6) is 0 Å². The summed E-state index contributed by atoms with van der Waals surface area (Å²) in [6.07, 6.45) is 3.73. The van der Waals surface area contributed by atoms with Gasteiger partial charge >= 0.3 is 0 Å². The fourth-order valence-corrected chi connectivity index (χ4v) is 2.47. The molecular formula is C12H20N4O. The first-order valence-corrected chi connectivity index (χ1v) is 6.63. The van der Waals surface area contributed by atoms with E-state index in [2.05, 4.69) is 27.3 Å². The Balaban J connectivity index is 1.67. The highest BCUT2D eigenvalue weighted by Crippen LogP contribution is 2.35. The first-order chi connectivity index (χ1) is 8.34. The molecule has 0 spiro atoms. The molecule has 3 rings (SSSR count). The summed E-state index contributed by atoms with van der Waals surface area (Å²) < 4.78 is 5.38. The van der Waals surface area contributed by atoms with Crippen LogP contribution in [0, 0.1) is 0 Å². The third kappa shape index (κ3) is 2.21. The number of piperazine rings is 1. The van der Waals surface area contributed by atoms with Gasteiger partial charge in [-0.1, -0.05) is 11.6 Å². The molecule has 1 aromatic heterocycles. The number of nitrogens with zero attached hydrogens (tertiary/aromatic N) is 3. The van der Waals surface area contributed by atoms with Crippen molar-refractivity contribution in [1.82, 2.24) is 20.4 Å². The lowest BCUT2D eigenvalue weighted by Crippen LogP contribution is -2.44. The standard InChI is InChI=1S/C12H20N4O/c1-9(16-7-5-13-6-8-16)11-14-12(17-15-11)10-3-2-4-10/h9-10,13H,2-8H2,1H3. The molecule has 1 saturated heterocycles. The molecule has 1 aliphatic heterocycles. The van der Waals surface area contributed by atoms with Gasteiger partial charge in [-0.15, -0.1) is 0 Å². The van der Waals surface area contributed by atoms with Gasteiger partial charge in [0.1, 0.15) is 0 Å². The number of rotatable bonds is 3. The third-order valence-electron chi connectivity index (χ3n) is 3.98. The maximum atomic E-state index is 5.38. The van der Waals surface area contributed by atoms with E-state index in [0.717, 1.165) is 37.9 Å². The average molecular weight is 236 g/mol. The fourth-order valence-electron chi connectivity index (χ4n) is 2.47. The Hall–Kier alpha value is -0.940. The molecule has 0 radical (unpaired) electrons. The monoisotopic (exact) mass is 236 g/mol. The Morgan fingerprint density at radius 1 is 1.35 bits per heavy atom. The molecule has 2 heterocycles. The first-order valence-electron chi connectivity index (χ1n) is 6.63. The summed E-state index contributed by atoms with van der Waals surface area (Å²) >= 11 is 0. The van der Waals surface area contributed by atoms with E-state index < -0.39 is 0 Å². The molecular weight excluding hydrogens is 216 g/mol. The van der Waals surface area contributed by atoms with Gasteiger partial charge in [0.2, 0.25) is 5.89 Å². The highest BCUT2D eigenvalue weighted by Gasteiger charge is 2.28. The molecule has 1 unspecified atom stereocenters. The van der Waals surface area contributed by atoms with Crippen LogP contribution in [-0.2, 0) is 0 Å². The van der Waals surface area contributed by atoms with E-state index in [9.17, 15) is 0 Å². The Morgan fingerprint density at radius 2 is 2.12 bits per heavy atom. The molecule has 2 fully saturated rings. The highest BCUT2D eigenvalue weighted by molar-refractivity contribution is 5.01. The van der Waals surface area contributed by atoms with Gasteiger partial charge in [-0.05, 0) is 19.8 Å². The van der Waals surface area contributed by atoms with Gasteiger partial charge in [0, 0.05) is 32.1 Å². The Labute approximate surface area is 102 Å². The lowest BCUT2D eigenvalue weighted by molar-refractivity contribution is 0.176. The zero-order valence-corrected chi connectivity index (χ0v) is 10.4. The summed E-state index contributed by atoms with van der Waals surface area (Å²) in [7, 11) is 0. The maximum absolute atomic E-state index is 5.38. The van der Waals surface area contributed by atoms with Crippen molar-refractivity contribution in [2.24, 2.45) is 0 Å². The number of hydrogen-bond donors (Lipinski definition) is 1. The summed E-state index contributed by atoms with van der Waals surface area (Å²) in [6, 6.07) is 0.273. The quantitative estimate of drug-likeness (QED) is 0.857. The van der Waals surface area contributed by atoms with Crippen LogP contribution in [-0.4, -0.2) is 41.2 Å². The normalized spacial score (nSPS) is 24.5.